The molecule has 0 radical (unpaired) electrons. The maximum atomic E-state index is 12.4. The SMILES string of the molecule is NC(=O)C1CCCN1C(=O)Cn1ccc2c(Cl)cccc21. The van der Waals surface area contributed by atoms with E-state index >= 15 is 0 Å². The average Bonchev–Trinajstić information content (AvgIpc) is 3.06. The molecular weight excluding hydrogens is 290 g/mol. The van der Waals surface area contributed by atoms with Crippen molar-refractivity contribution in [3.8, 4) is 0 Å². The van der Waals surface area contributed by atoms with E-state index in [-0.39, 0.29) is 12.5 Å². The van der Waals surface area contributed by atoms with Crippen LogP contribution in [0.4, 0.5) is 0 Å². The molecule has 1 aliphatic heterocycles. The number of rotatable bonds is 3. The summed E-state index contributed by atoms with van der Waals surface area (Å²) >= 11 is 6.13. The van der Waals surface area contributed by atoms with E-state index in [0.717, 1.165) is 17.3 Å². The molecule has 1 aliphatic rings. The summed E-state index contributed by atoms with van der Waals surface area (Å²) in [6.45, 7) is 0.778. The van der Waals surface area contributed by atoms with Crippen LogP contribution in [0, 0.1) is 0 Å². The highest BCUT2D eigenvalue weighted by atomic mass is 35.5. The summed E-state index contributed by atoms with van der Waals surface area (Å²) in [6, 6.07) is 7.01. The van der Waals surface area contributed by atoms with Gasteiger partial charge in [0.2, 0.25) is 11.8 Å². The van der Waals surface area contributed by atoms with Crippen LogP contribution in [-0.4, -0.2) is 33.9 Å². The maximum Gasteiger partial charge on any atom is 0.243 e. The molecule has 2 amide bonds. The van der Waals surface area contributed by atoms with Crippen LogP contribution in [0.2, 0.25) is 5.02 Å². The van der Waals surface area contributed by atoms with E-state index in [1.807, 2.05) is 35.0 Å². The first-order valence-corrected chi connectivity index (χ1v) is 7.28. The van der Waals surface area contributed by atoms with Crippen molar-refractivity contribution in [3.05, 3.63) is 35.5 Å². The van der Waals surface area contributed by atoms with Crippen LogP contribution in [0.1, 0.15) is 12.8 Å². The molecule has 0 bridgehead atoms. The van der Waals surface area contributed by atoms with Crippen LogP contribution in [-0.2, 0) is 16.1 Å². The Morgan fingerprint density at radius 1 is 1.33 bits per heavy atom. The number of halogens is 1. The van der Waals surface area contributed by atoms with Crippen LogP contribution in [0.15, 0.2) is 30.5 Å². The Labute approximate surface area is 127 Å². The van der Waals surface area contributed by atoms with Gasteiger partial charge in [0.05, 0.1) is 0 Å². The first-order chi connectivity index (χ1) is 10.1. The number of primary amides is 1. The van der Waals surface area contributed by atoms with E-state index < -0.39 is 11.9 Å². The summed E-state index contributed by atoms with van der Waals surface area (Å²) in [5.74, 6) is -0.518. The molecule has 2 heterocycles. The number of carbonyl (C=O) groups is 2. The molecule has 1 unspecified atom stereocenters. The van der Waals surface area contributed by atoms with E-state index in [9.17, 15) is 9.59 Å². The summed E-state index contributed by atoms with van der Waals surface area (Å²) in [4.78, 5) is 25.4. The molecule has 21 heavy (non-hydrogen) atoms. The van der Waals surface area contributed by atoms with Gasteiger partial charge in [-0.1, -0.05) is 17.7 Å². The lowest BCUT2D eigenvalue weighted by atomic mass is 10.2. The van der Waals surface area contributed by atoms with E-state index in [1.54, 1.807) is 4.90 Å². The lowest BCUT2D eigenvalue weighted by molar-refractivity contribution is -0.137. The van der Waals surface area contributed by atoms with Crippen LogP contribution < -0.4 is 5.73 Å². The third-order valence-electron chi connectivity index (χ3n) is 3.97. The Kier molecular flexibility index (Phi) is 3.59. The van der Waals surface area contributed by atoms with Gasteiger partial charge in [-0.2, -0.15) is 0 Å². The second-order valence-corrected chi connectivity index (χ2v) is 5.67. The molecule has 0 aliphatic carbocycles. The van der Waals surface area contributed by atoms with E-state index in [1.165, 1.54) is 0 Å². The van der Waals surface area contributed by atoms with Crippen molar-refractivity contribution in [3.63, 3.8) is 0 Å². The van der Waals surface area contributed by atoms with Crippen molar-refractivity contribution in [1.82, 2.24) is 9.47 Å². The molecule has 1 fully saturated rings. The fourth-order valence-corrected chi connectivity index (χ4v) is 3.15. The minimum absolute atomic E-state index is 0.0891. The molecule has 6 heteroatoms. The number of likely N-dealkylation sites (tertiary alicyclic amines) is 1. The second-order valence-electron chi connectivity index (χ2n) is 5.26. The third kappa shape index (κ3) is 2.49. The monoisotopic (exact) mass is 305 g/mol. The van der Waals surface area contributed by atoms with Crippen molar-refractivity contribution in [2.75, 3.05) is 6.54 Å². The molecule has 1 aromatic carbocycles. The largest absolute Gasteiger partial charge is 0.368 e. The van der Waals surface area contributed by atoms with Gasteiger partial charge in [-0.3, -0.25) is 9.59 Å². The van der Waals surface area contributed by atoms with Gasteiger partial charge in [-0.05, 0) is 31.0 Å². The summed E-state index contributed by atoms with van der Waals surface area (Å²) < 4.78 is 1.85. The zero-order chi connectivity index (χ0) is 15.0. The smallest absolute Gasteiger partial charge is 0.243 e. The van der Waals surface area contributed by atoms with Crippen molar-refractivity contribution < 1.29 is 9.59 Å². The molecular formula is C15H16ClN3O2. The third-order valence-corrected chi connectivity index (χ3v) is 4.30. The van der Waals surface area contributed by atoms with Crippen molar-refractivity contribution >= 4 is 34.3 Å². The average molecular weight is 306 g/mol. The number of benzene rings is 1. The van der Waals surface area contributed by atoms with Gasteiger partial charge >= 0.3 is 0 Å². The Balaban J connectivity index is 1.84. The van der Waals surface area contributed by atoms with Gasteiger partial charge < -0.3 is 15.2 Å². The molecule has 2 N–H and O–H groups in total. The number of nitrogens with two attached hydrogens (primary N) is 1. The normalized spacial score (nSPS) is 18.3. The minimum Gasteiger partial charge on any atom is -0.368 e. The topological polar surface area (TPSA) is 68.3 Å². The maximum absolute atomic E-state index is 12.4. The quantitative estimate of drug-likeness (QED) is 0.939. The summed E-state index contributed by atoms with van der Waals surface area (Å²) in [6.07, 6.45) is 3.31. The van der Waals surface area contributed by atoms with Gasteiger partial charge in [0.15, 0.2) is 0 Å². The van der Waals surface area contributed by atoms with E-state index in [2.05, 4.69) is 0 Å². The minimum atomic E-state index is -0.470. The number of fused-ring (bicyclic) bond motifs is 1. The highest BCUT2D eigenvalue weighted by Gasteiger charge is 2.32. The fourth-order valence-electron chi connectivity index (χ4n) is 2.92. The highest BCUT2D eigenvalue weighted by Crippen LogP contribution is 2.25. The molecule has 5 nitrogen and oxygen atoms in total. The summed E-state index contributed by atoms with van der Waals surface area (Å²) in [5, 5.41) is 1.58. The van der Waals surface area contributed by atoms with Crippen molar-refractivity contribution in [2.24, 2.45) is 5.73 Å². The van der Waals surface area contributed by atoms with Crippen molar-refractivity contribution in [1.29, 1.82) is 0 Å². The lowest BCUT2D eigenvalue weighted by Gasteiger charge is -2.22. The van der Waals surface area contributed by atoms with E-state index in [0.29, 0.717) is 18.0 Å². The van der Waals surface area contributed by atoms with Gasteiger partial charge in [0, 0.05) is 28.7 Å². The Morgan fingerprint density at radius 3 is 2.90 bits per heavy atom. The zero-order valence-electron chi connectivity index (χ0n) is 11.5. The number of amides is 2. The standard InChI is InChI=1S/C15H16ClN3O2/c16-11-3-1-4-12-10(11)6-8-18(12)9-14(20)19-7-2-5-13(19)15(17)21/h1,3-4,6,8,13H,2,5,7,9H2,(H2,17,21). The fraction of sp³-hybridized carbons (Fsp3) is 0.333. The Morgan fingerprint density at radius 2 is 2.14 bits per heavy atom. The van der Waals surface area contributed by atoms with Gasteiger partial charge in [0.25, 0.3) is 0 Å². The summed E-state index contributed by atoms with van der Waals surface area (Å²) in [5.41, 5.74) is 6.26. The van der Waals surface area contributed by atoms with Gasteiger partial charge in [-0.25, -0.2) is 0 Å². The van der Waals surface area contributed by atoms with Gasteiger partial charge in [0.1, 0.15) is 12.6 Å². The lowest BCUT2D eigenvalue weighted by Crippen LogP contribution is -2.44. The Hall–Kier alpha value is -2.01. The molecule has 1 aromatic heterocycles. The van der Waals surface area contributed by atoms with Crippen LogP contribution in [0.25, 0.3) is 10.9 Å². The first kappa shape index (κ1) is 13.9. The van der Waals surface area contributed by atoms with Crippen LogP contribution in [0.5, 0.6) is 0 Å². The molecule has 0 saturated carbocycles. The molecule has 2 aromatic rings. The predicted molar refractivity (Wildman–Crippen MR) is 80.9 cm³/mol. The summed E-state index contributed by atoms with van der Waals surface area (Å²) in [7, 11) is 0. The number of hydrogen-bond acceptors (Lipinski definition) is 2. The number of aromatic nitrogens is 1. The number of carbonyl (C=O) groups excluding carboxylic acids is 2. The first-order valence-electron chi connectivity index (χ1n) is 6.90. The van der Waals surface area contributed by atoms with Crippen LogP contribution in [0.3, 0.4) is 0 Å². The van der Waals surface area contributed by atoms with Crippen molar-refractivity contribution in [2.45, 2.75) is 25.4 Å². The molecule has 3 rings (SSSR count). The Bertz CT molecular complexity index is 710. The van der Waals surface area contributed by atoms with Crippen LogP contribution >= 0.6 is 11.6 Å². The zero-order valence-corrected chi connectivity index (χ0v) is 12.2. The highest BCUT2D eigenvalue weighted by molar-refractivity contribution is 6.35. The van der Waals surface area contributed by atoms with E-state index in [4.69, 9.17) is 17.3 Å². The number of nitrogens with zero attached hydrogens (tertiary/aromatic N) is 2. The second kappa shape index (κ2) is 5.41. The predicted octanol–water partition coefficient (Wildman–Crippen LogP) is 1.77. The van der Waals surface area contributed by atoms with Gasteiger partial charge in [-0.15, -0.1) is 0 Å². The molecule has 0 spiro atoms. The molecule has 1 saturated heterocycles. The molecule has 110 valence electrons. The number of hydrogen-bond donors (Lipinski definition) is 1. The molecule has 1 atom stereocenters.